The minimum Gasteiger partial charge on any atom is -0.489 e. The van der Waals surface area contributed by atoms with Gasteiger partial charge < -0.3 is 10.5 Å². The predicted molar refractivity (Wildman–Crippen MR) is 110 cm³/mol. The van der Waals surface area contributed by atoms with Crippen LogP contribution in [0.5, 0.6) is 5.75 Å². The largest absolute Gasteiger partial charge is 0.489 e. The van der Waals surface area contributed by atoms with Crippen molar-refractivity contribution in [3.05, 3.63) is 88.1 Å². The van der Waals surface area contributed by atoms with Crippen LogP contribution in [0.1, 0.15) is 25.0 Å². The number of ether oxygens (including phenoxy) is 1. The van der Waals surface area contributed by atoms with Crippen LogP contribution in [0.15, 0.2) is 70.6 Å². The van der Waals surface area contributed by atoms with Gasteiger partial charge in [-0.1, -0.05) is 12.1 Å². The van der Waals surface area contributed by atoms with Crippen LogP contribution in [-0.4, -0.2) is 16.8 Å². The van der Waals surface area contributed by atoms with Crippen LogP contribution in [0.4, 0.5) is 10.1 Å². The molecule has 0 amide bonds. The number of aliphatic imine (C=N–C) groups is 1. The van der Waals surface area contributed by atoms with Gasteiger partial charge in [0.25, 0.3) is 5.56 Å². The van der Waals surface area contributed by atoms with Crippen LogP contribution < -0.4 is 16.0 Å². The average molecular weight is 379 g/mol. The molecular weight excluding hydrogens is 357 g/mol. The van der Waals surface area contributed by atoms with Crippen molar-refractivity contribution in [2.75, 3.05) is 12.3 Å². The van der Waals surface area contributed by atoms with Crippen molar-refractivity contribution in [2.45, 2.75) is 20.5 Å². The van der Waals surface area contributed by atoms with E-state index in [9.17, 15) is 9.18 Å². The molecule has 0 saturated heterocycles. The maximum atomic E-state index is 13.0. The Morgan fingerprint density at radius 2 is 1.89 bits per heavy atom. The number of hydrogen-bond donors (Lipinski definition) is 1. The molecule has 0 radical (unpaired) electrons. The number of hydrogen-bond acceptors (Lipinski definition) is 4. The first-order valence-corrected chi connectivity index (χ1v) is 8.99. The standard InChI is InChI=1S/C22H22FN3O2/c1-3-25-15(2)20-12-18(8-9-21(20)24)26-11-10-19(13-22(26)27)28-14-16-4-6-17(23)7-5-16/h4-13H,3,14,24H2,1-2H3. The number of anilines is 1. The summed E-state index contributed by atoms with van der Waals surface area (Å²) in [6, 6.07) is 14.6. The highest BCUT2D eigenvalue weighted by atomic mass is 19.1. The monoisotopic (exact) mass is 379 g/mol. The summed E-state index contributed by atoms with van der Waals surface area (Å²) in [6.07, 6.45) is 1.66. The minimum absolute atomic E-state index is 0.225. The van der Waals surface area contributed by atoms with Crippen molar-refractivity contribution in [2.24, 2.45) is 4.99 Å². The van der Waals surface area contributed by atoms with Crippen LogP contribution in [0.3, 0.4) is 0 Å². The fourth-order valence-electron chi connectivity index (χ4n) is 2.84. The second-order valence-electron chi connectivity index (χ2n) is 6.32. The molecule has 3 rings (SSSR count). The fourth-order valence-corrected chi connectivity index (χ4v) is 2.84. The number of benzene rings is 2. The Labute approximate surface area is 162 Å². The molecule has 1 heterocycles. The first kappa shape index (κ1) is 19.4. The van der Waals surface area contributed by atoms with E-state index in [1.54, 1.807) is 36.5 Å². The van der Waals surface area contributed by atoms with Crippen LogP contribution in [0.25, 0.3) is 5.69 Å². The molecule has 1 aromatic heterocycles. The van der Waals surface area contributed by atoms with Gasteiger partial charge in [-0.15, -0.1) is 0 Å². The lowest BCUT2D eigenvalue weighted by Gasteiger charge is -2.12. The van der Waals surface area contributed by atoms with Gasteiger partial charge in [0.2, 0.25) is 0 Å². The zero-order chi connectivity index (χ0) is 20.1. The number of nitrogen functional groups attached to an aromatic ring is 1. The van der Waals surface area contributed by atoms with Crippen LogP contribution in [0.2, 0.25) is 0 Å². The van der Waals surface area contributed by atoms with E-state index in [0.29, 0.717) is 23.7 Å². The molecule has 0 atom stereocenters. The molecule has 3 aromatic rings. The average Bonchev–Trinajstić information content (AvgIpc) is 2.68. The fraction of sp³-hybridized carbons (Fsp3) is 0.182. The minimum atomic E-state index is -0.298. The molecule has 0 bridgehead atoms. The Morgan fingerprint density at radius 3 is 2.57 bits per heavy atom. The summed E-state index contributed by atoms with van der Waals surface area (Å²) in [4.78, 5) is 17.0. The topological polar surface area (TPSA) is 69.6 Å². The highest BCUT2D eigenvalue weighted by Crippen LogP contribution is 2.19. The second kappa shape index (κ2) is 8.52. The van der Waals surface area contributed by atoms with Crippen molar-refractivity contribution in [1.29, 1.82) is 0 Å². The molecule has 6 heteroatoms. The smallest absolute Gasteiger partial charge is 0.258 e. The van der Waals surface area contributed by atoms with E-state index in [0.717, 1.165) is 16.8 Å². The lowest BCUT2D eigenvalue weighted by atomic mass is 10.1. The number of rotatable bonds is 6. The Morgan fingerprint density at radius 1 is 1.14 bits per heavy atom. The highest BCUT2D eigenvalue weighted by molar-refractivity contribution is 6.03. The lowest BCUT2D eigenvalue weighted by molar-refractivity contribution is 0.305. The van der Waals surface area contributed by atoms with Crippen molar-refractivity contribution >= 4 is 11.4 Å². The van der Waals surface area contributed by atoms with E-state index in [2.05, 4.69) is 4.99 Å². The normalized spacial score (nSPS) is 11.5. The second-order valence-corrected chi connectivity index (χ2v) is 6.32. The molecule has 2 N–H and O–H groups in total. The Balaban J connectivity index is 1.82. The number of halogens is 1. The summed E-state index contributed by atoms with van der Waals surface area (Å²) in [7, 11) is 0. The van der Waals surface area contributed by atoms with Crippen LogP contribution in [0, 0.1) is 5.82 Å². The van der Waals surface area contributed by atoms with Crippen LogP contribution >= 0.6 is 0 Å². The molecule has 0 aliphatic rings. The van der Waals surface area contributed by atoms with Gasteiger partial charge in [0.1, 0.15) is 18.2 Å². The number of pyridine rings is 1. The van der Waals surface area contributed by atoms with Gasteiger partial charge in [-0.2, -0.15) is 0 Å². The third kappa shape index (κ3) is 4.46. The zero-order valence-electron chi connectivity index (χ0n) is 15.9. The molecule has 0 aliphatic heterocycles. The summed E-state index contributed by atoms with van der Waals surface area (Å²) in [6.45, 7) is 4.77. The molecule has 0 aliphatic carbocycles. The first-order valence-electron chi connectivity index (χ1n) is 8.99. The molecule has 144 valence electrons. The Hall–Kier alpha value is -3.41. The number of aromatic nitrogens is 1. The first-order chi connectivity index (χ1) is 13.5. The molecule has 0 spiro atoms. The summed E-state index contributed by atoms with van der Waals surface area (Å²) >= 11 is 0. The number of nitrogens with two attached hydrogens (primary N) is 1. The van der Waals surface area contributed by atoms with Gasteiger partial charge in [-0.25, -0.2) is 4.39 Å². The maximum Gasteiger partial charge on any atom is 0.258 e. The van der Waals surface area contributed by atoms with E-state index >= 15 is 0 Å². The summed E-state index contributed by atoms with van der Waals surface area (Å²) in [5.41, 5.74) is 9.60. The molecule has 28 heavy (non-hydrogen) atoms. The molecule has 5 nitrogen and oxygen atoms in total. The van der Waals surface area contributed by atoms with Gasteiger partial charge in [-0.05, 0) is 55.8 Å². The highest BCUT2D eigenvalue weighted by Gasteiger charge is 2.08. The van der Waals surface area contributed by atoms with Gasteiger partial charge in [0, 0.05) is 41.5 Å². The predicted octanol–water partition coefficient (Wildman–Crippen LogP) is 3.97. The Kier molecular flexibility index (Phi) is 5.89. The number of nitrogens with zero attached hydrogens (tertiary/aromatic N) is 2. The van der Waals surface area contributed by atoms with Crippen molar-refractivity contribution in [3.8, 4) is 11.4 Å². The van der Waals surface area contributed by atoms with Crippen molar-refractivity contribution < 1.29 is 9.13 Å². The van der Waals surface area contributed by atoms with E-state index in [4.69, 9.17) is 10.5 Å². The van der Waals surface area contributed by atoms with E-state index < -0.39 is 0 Å². The molecule has 0 unspecified atom stereocenters. The quantitative estimate of drug-likeness (QED) is 0.520. The van der Waals surface area contributed by atoms with E-state index in [1.807, 2.05) is 19.9 Å². The van der Waals surface area contributed by atoms with Gasteiger partial charge in [-0.3, -0.25) is 14.4 Å². The SMILES string of the molecule is CCN=C(C)c1cc(-n2ccc(OCc3ccc(F)cc3)cc2=O)ccc1N. The third-order valence-electron chi connectivity index (χ3n) is 4.31. The lowest BCUT2D eigenvalue weighted by Crippen LogP contribution is -2.17. The van der Waals surface area contributed by atoms with E-state index in [1.165, 1.54) is 22.8 Å². The Bertz CT molecular complexity index is 1060. The summed E-state index contributed by atoms with van der Waals surface area (Å²) in [5.74, 6) is 0.151. The molecular formula is C22H22FN3O2. The van der Waals surface area contributed by atoms with Gasteiger partial charge >= 0.3 is 0 Å². The van der Waals surface area contributed by atoms with Gasteiger partial charge in [0.05, 0.1) is 0 Å². The molecule has 2 aromatic carbocycles. The van der Waals surface area contributed by atoms with Crippen molar-refractivity contribution in [3.63, 3.8) is 0 Å². The van der Waals surface area contributed by atoms with E-state index in [-0.39, 0.29) is 18.0 Å². The summed E-state index contributed by atoms with van der Waals surface area (Å²) < 4.78 is 20.1. The molecule has 0 saturated carbocycles. The van der Waals surface area contributed by atoms with Crippen molar-refractivity contribution in [1.82, 2.24) is 4.57 Å². The maximum absolute atomic E-state index is 13.0. The molecule has 0 fully saturated rings. The third-order valence-corrected chi connectivity index (χ3v) is 4.31. The van der Waals surface area contributed by atoms with Gasteiger partial charge in [0.15, 0.2) is 0 Å². The zero-order valence-corrected chi connectivity index (χ0v) is 15.9. The van der Waals surface area contributed by atoms with Crippen LogP contribution in [-0.2, 0) is 6.61 Å². The summed E-state index contributed by atoms with van der Waals surface area (Å²) in [5, 5.41) is 0.